The first-order chi connectivity index (χ1) is 9.61. The van der Waals surface area contributed by atoms with E-state index in [1.54, 1.807) is 31.2 Å². The van der Waals surface area contributed by atoms with Crippen molar-refractivity contribution in [2.75, 3.05) is 17.2 Å². The average molecular weight is 273 g/mol. The Morgan fingerprint density at radius 1 is 1.40 bits per heavy atom. The number of carbonyl (C=O) groups excluding carboxylic acids is 2. The lowest BCUT2D eigenvalue weighted by atomic mass is 10.1. The van der Waals surface area contributed by atoms with E-state index in [2.05, 4.69) is 15.8 Å². The number of ether oxygens (including phenoxy) is 1. The lowest BCUT2D eigenvalue weighted by molar-refractivity contribution is -0.118. The zero-order valence-corrected chi connectivity index (χ0v) is 10.6. The van der Waals surface area contributed by atoms with Gasteiger partial charge in [-0.1, -0.05) is 5.16 Å². The molecule has 0 bridgehead atoms. The van der Waals surface area contributed by atoms with Gasteiger partial charge in [0.15, 0.2) is 12.4 Å². The minimum Gasteiger partial charge on any atom is -0.482 e. The van der Waals surface area contributed by atoms with Gasteiger partial charge in [0.1, 0.15) is 11.5 Å². The Hall–Kier alpha value is -2.83. The van der Waals surface area contributed by atoms with E-state index >= 15 is 0 Å². The van der Waals surface area contributed by atoms with Crippen LogP contribution in [0.25, 0.3) is 0 Å². The van der Waals surface area contributed by atoms with Gasteiger partial charge < -0.3 is 19.9 Å². The molecular weight excluding hydrogens is 262 g/mol. The van der Waals surface area contributed by atoms with Crippen molar-refractivity contribution in [1.29, 1.82) is 0 Å². The van der Waals surface area contributed by atoms with Gasteiger partial charge in [0.25, 0.3) is 11.8 Å². The highest BCUT2D eigenvalue weighted by atomic mass is 16.5. The van der Waals surface area contributed by atoms with Gasteiger partial charge in [0, 0.05) is 11.6 Å². The molecular formula is C13H11N3O4. The molecule has 0 saturated heterocycles. The van der Waals surface area contributed by atoms with Crippen LogP contribution >= 0.6 is 0 Å². The molecule has 0 radical (unpaired) electrons. The average Bonchev–Trinajstić information content (AvgIpc) is 2.83. The Balaban J connectivity index is 1.81. The highest BCUT2D eigenvalue weighted by molar-refractivity contribution is 6.05. The molecule has 2 N–H and O–H groups in total. The summed E-state index contributed by atoms with van der Waals surface area (Å²) < 4.78 is 10.1. The highest BCUT2D eigenvalue weighted by Gasteiger charge is 2.18. The Kier molecular flexibility index (Phi) is 2.86. The summed E-state index contributed by atoms with van der Waals surface area (Å²) in [5.74, 6) is 0.887. The van der Waals surface area contributed by atoms with Crippen molar-refractivity contribution in [3.8, 4) is 5.75 Å². The summed E-state index contributed by atoms with van der Waals surface area (Å²) in [6.07, 6.45) is 0. The van der Waals surface area contributed by atoms with Crippen molar-refractivity contribution in [1.82, 2.24) is 5.16 Å². The molecule has 0 aliphatic carbocycles. The number of hydrogen-bond acceptors (Lipinski definition) is 5. The third-order valence-corrected chi connectivity index (χ3v) is 2.74. The molecule has 2 aromatic rings. The fourth-order valence-corrected chi connectivity index (χ4v) is 1.84. The van der Waals surface area contributed by atoms with Crippen LogP contribution in [0.3, 0.4) is 0 Å². The predicted octanol–water partition coefficient (Wildman–Crippen LogP) is 1.57. The first-order valence-corrected chi connectivity index (χ1v) is 5.93. The number of hydrogen-bond donors (Lipinski definition) is 2. The molecule has 7 heteroatoms. The van der Waals surface area contributed by atoms with Crippen LogP contribution in [0.5, 0.6) is 5.75 Å². The van der Waals surface area contributed by atoms with Crippen molar-refractivity contribution in [3.05, 3.63) is 35.6 Å². The summed E-state index contributed by atoms with van der Waals surface area (Å²) in [5, 5.41) is 8.92. The molecule has 0 fully saturated rings. The summed E-state index contributed by atoms with van der Waals surface area (Å²) in [5.41, 5.74) is 0.862. The van der Waals surface area contributed by atoms with Gasteiger partial charge in [-0.25, -0.2) is 0 Å². The molecule has 102 valence electrons. The van der Waals surface area contributed by atoms with Crippen LogP contribution in [-0.4, -0.2) is 23.6 Å². The smallest absolute Gasteiger partial charge is 0.262 e. The number of amides is 2. The maximum atomic E-state index is 12.0. The van der Waals surface area contributed by atoms with Gasteiger partial charge in [-0.05, 0) is 25.1 Å². The monoisotopic (exact) mass is 273 g/mol. The third-order valence-electron chi connectivity index (χ3n) is 2.74. The van der Waals surface area contributed by atoms with Crippen LogP contribution in [-0.2, 0) is 4.79 Å². The standard InChI is InChI=1S/C13H11N3O4/c1-7-4-11(16-20-7)15-13(18)8-2-3-10-9(5-8)14-12(17)6-19-10/h2-5H,6H2,1H3,(H,14,17)(H,15,16,18). The topological polar surface area (TPSA) is 93.5 Å². The zero-order valence-electron chi connectivity index (χ0n) is 10.6. The van der Waals surface area contributed by atoms with E-state index in [1.165, 1.54) is 0 Å². The molecule has 2 heterocycles. The molecule has 3 rings (SSSR count). The predicted molar refractivity (Wildman–Crippen MR) is 69.8 cm³/mol. The summed E-state index contributed by atoms with van der Waals surface area (Å²) in [7, 11) is 0. The minimum absolute atomic E-state index is 0.0171. The molecule has 1 aliphatic heterocycles. The Bertz CT molecular complexity index is 693. The molecule has 0 unspecified atom stereocenters. The number of aromatic nitrogens is 1. The number of anilines is 2. The van der Waals surface area contributed by atoms with E-state index in [1.807, 2.05) is 0 Å². The normalized spacial score (nSPS) is 13.2. The van der Waals surface area contributed by atoms with Gasteiger partial charge in [-0.3, -0.25) is 9.59 Å². The van der Waals surface area contributed by atoms with Crippen LogP contribution in [0.15, 0.2) is 28.8 Å². The number of carbonyl (C=O) groups is 2. The van der Waals surface area contributed by atoms with Crippen molar-refractivity contribution in [3.63, 3.8) is 0 Å². The van der Waals surface area contributed by atoms with Crippen molar-refractivity contribution in [2.45, 2.75) is 6.92 Å². The number of rotatable bonds is 2. The van der Waals surface area contributed by atoms with E-state index in [9.17, 15) is 9.59 Å². The second kappa shape index (κ2) is 4.69. The van der Waals surface area contributed by atoms with Crippen LogP contribution in [0.2, 0.25) is 0 Å². The van der Waals surface area contributed by atoms with E-state index in [0.717, 1.165) is 0 Å². The van der Waals surface area contributed by atoms with Gasteiger partial charge in [-0.15, -0.1) is 0 Å². The first-order valence-electron chi connectivity index (χ1n) is 5.93. The van der Waals surface area contributed by atoms with E-state index in [4.69, 9.17) is 9.26 Å². The second-order valence-electron chi connectivity index (χ2n) is 4.32. The first kappa shape index (κ1) is 12.2. The molecule has 2 amide bonds. The molecule has 20 heavy (non-hydrogen) atoms. The largest absolute Gasteiger partial charge is 0.482 e. The minimum atomic E-state index is -0.346. The maximum absolute atomic E-state index is 12.0. The van der Waals surface area contributed by atoms with Crippen molar-refractivity contribution >= 4 is 23.3 Å². The molecule has 1 aromatic carbocycles. The molecule has 1 aliphatic rings. The van der Waals surface area contributed by atoms with Gasteiger partial charge >= 0.3 is 0 Å². The quantitative estimate of drug-likeness (QED) is 0.866. The number of fused-ring (bicyclic) bond motifs is 1. The van der Waals surface area contributed by atoms with Gasteiger partial charge in [-0.2, -0.15) is 0 Å². The van der Waals surface area contributed by atoms with Crippen molar-refractivity contribution < 1.29 is 18.8 Å². The lowest BCUT2D eigenvalue weighted by Crippen LogP contribution is -2.25. The Morgan fingerprint density at radius 2 is 2.25 bits per heavy atom. The number of nitrogens with one attached hydrogen (secondary N) is 2. The van der Waals surface area contributed by atoms with Crippen LogP contribution in [0, 0.1) is 6.92 Å². The van der Waals surface area contributed by atoms with Crippen LogP contribution < -0.4 is 15.4 Å². The van der Waals surface area contributed by atoms with E-state index in [0.29, 0.717) is 28.6 Å². The number of nitrogens with zero attached hydrogens (tertiary/aromatic N) is 1. The lowest BCUT2D eigenvalue weighted by Gasteiger charge is -2.18. The Morgan fingerprint density at radius 3 is 3.00 bits per heavy atom. The maximum Gasteiger partial charge on any atom is 0.262 e. The summed E-state index contributed by atoms with van der Waals surface area (Å²) in [4.78, 5) is 23.3. The molecule has 0 saturated carbocycles. The fourth-order valence-electron chi connectivity index (χ4n) is 1.84. The van der Waals surface area contributed by atoms with E-state index in [-0.39, 0.29) is 18.4 Å². The molecule has 0 spiro atoms. The number of aryl methyl sites for hydroxylation is 1. The van der Waals surface area contributed by atoms with Crippen LogP contribution in [0.4, 0.5) is 11.5 Å². The van der Waals surface area contributed by atoms with Crippen LogP contribution in [0.1, 0.15) is 16.1 Å². The number of benzene rings is 1. The highest BCUT2D eigenvalue weighted by Crippen LogP contribution is 2.28. The molecule has 7 nitrogen and oxygen atoms in total. The molecule has 0 atom stereocenters. The third kappa shape index (κ3) is 2.33. The fraction of sp³-hybridized carbons (Fsp3) is 0.154. The Labute approximate surface area is 113 Å². The second-order valence-corrected chi connectivity index (χ2v) is 4.32. The van der Waals surface area contributed by atoms with E-state index < -0.39 is 0 Å². The SMILES string of the molecule is Cc1cc(NC(=O)c2ccc3c(c2)NC(=O)CO3)no1. The van der Waals surface area contributed by atoms with Gasteiger partial charge in [0.05, 0.1) is 5.69 Å². The molecule has 1 aromatic heterocycles. The summed E-state index contributed by atoms with van der Waals surface area (Å²) >= 11 is 0. The van der Waals surface area contributed by atoms with Crippen molar-refractivity contribution in [2.24, 2.45) is 0 Å². The summed E-state index contributed by atoms with van der Waals surface area (Å²) in [6, 6.07) is 6.41. The zero-order chi connectivity index (χ0) is 14.1. The van der Waals surface area contributed by atoms with Gasteiger partial charge in [0.2, 0.25) is 0 Å². The summed E-state index contributed by atoms with van der Waals surface area (Å²) in [6.45, 7) is 1.71.